The summed E-state index contributed by atoms with van der Waals surface area (Å²) in [6.07, 6.45) is 87.0. The Hall–Kier alpha value is -1.13. The number of aliphatic hydroxyl groups is 2. The van der Waals surface area contributed by atoms with Gasteiger partial charge >= 0.3 is 0 Å². The molecule has 0 aromatic heterocycles. The van der Waals surface area contributed by atoms with Gasteiger partial charge in [-0.05, 0) is 32.1 Å². The number of hydrogen-bond donors (Lipinski definition) is 3. The Balaban J connectivity index is 3.38. The second-order valence-corrected chi connectivity index (χ2v) is 23.2. The normalized spacial score (nSPS) is 12.8. The summed E-state index contributed by atoms with van der Waals surface area (Å²) in [5.74, 6) is -0.0652. The Morgan fingerprint density at radius 3 is 0.806 bits per heavy atom. The molecule has 0 saturated carbocycles. The molecule has 1 amide bonds. The maximum atomic E-state index is 12.5. The molecule has 2 atom stereocenters. The molecule has 0 aromatic rings. The first-order valence-corrected chi connectivity index (χ1v) is 33.6. The lowest BCUT2D eigenvalue weighted by Crippen LogP contribution is -2.45. The van der Waals surface area contributed by atoms with E-state index in [2.05, 4.69) is 31.3 Å². The van der Waals surface area contributed by atoms with Crippen LogP contribution in [0.1, 0.15) is 386 Å². The van der Waals surface area contributed by atoms with Gasteiger partial charge in [-0.25, -0.2) is 0 Å². The largest absolute Gasteiger partial charge is 0.394 e. The van der Waals surface area contributed by atoms with Crippen LogP contribution in [0.3, 0.4) is 0 Å². The Bertz CT molecular complexity index is 1060. The Morgan fingerprint density at radius 2 is 0.542 bits per heavy atom. The standard InChI is InChI=1S/C68H133NO3/c1-3-5-7-9-11-13-15-17-19-21-23-25-26-27-28-29-30-31-32-33-34-35-36-37-38-39-40-41-42-43-44-46-48-50-52-54-56-58-60-62-64-68(72)69-66(65-70)67(71)63-61-59-57-55-53-51-49-47-45-24-22-20-18-16-14-12-10-8-6-4-2/h53,55,61,63,66-67,70-71H,3-52,54,56-60,62,64-65H2,1-2H3,(H,69,72)/b55-53+,63-61+. The van der Waals surface area contributed by atoms with Crippen LogP contribution in [0.2, 0.25) is 0 Å². The molecular weight excluding hydrogens is 879 g/mol. The van der Waals surface area contributed by atoms with Crippen molar-refractivity contribution in [1.82, 2.24) is 5.32 Å². The van der Waals surface area contributed by atoms with E-state index in [0.29, 0.717) is 6.42 Å². The van der Waals surface area contributed by atoms with Crippen molar-refractivity contribution < 1.29 is 15.0 Å². The van der Waals surface area contributed by atoms with Gasteiger partial charge in [-0.15, -0.1) is 0 Å². The molecule has 0 spiro atoms. The number of carbonyl (C=O) groups excluding carboxylic acids is 1. The fraction of sp³-hybridized carbons (Fsp3) is 0.926. The van der Waals surface area contributed by atoms with Crippen LogP contribution in [-0.2, 0) is 4.79 Å². The minimum atomic E-state index is -0.860. The molecule has 4 heteroatoms. The van der Waals surface area contributed by atoms with Gasteiger partial charge < -0.3 is 15.5 Å². The predicted octanol–water partition coefficient (Wildman–Crippen LogP) is 22.6. The lowest BCUT2D eigenvalue weighted by atomic mass is 10.0. The molecule has 0 heterocycles. The zero-order chi connectivity index (χ0) is 52.0. The van der Waals surface area contributed by atoms with Crippen molar-refractivity contribution >= 4 is 5.91 Å². The molecule has 0 radical (unpaired) electrons. The van der Waals surface area contributed by atoms with Crippen molar-refractivity contribution in [3.8, 4) is 0 Å². The highest BCUT2D eigenvalue weighted by Crippen LogP contribution is 2.19. The summed E-state index contributed by atoms with van der Waals surface area (Å²) in [7, 11) is 0. The minimum absolute atomic E-state index is 0.0652. The van der Waals surface area contributed by atoms with Crippen LogP contribution in [-0.4, -0.2) is 34.9 Å². The van der Waals surface area contributed by atoms with Crippen molar-refractivity contribution in [3.63, 3.8) is 0 Å². The number of allylic oxidation sites excluding steroid dienone is 3. The van der Waals surface area contributed by atoms with Gasteiger partial charge in [0, 0.05) is 6.42 Å². The van der Waals surface area contributed by atoms with E-state index >= 15 is 0 Å². The monoisotopic (exact) mass is 1010 g/mol. The van der Waals surface area contributed by atoms with Crippen molar-refractivity contribution in [2.75, 3.05) is 6.61 Å². The van der Waals surface area contributed by atoms with Crippen LogP contribution in [0.5, 0.6) is 0 Å². The fourth-order valence-corrected chi connectivity index (χ4v) is 10.8. The summed E-state index contributed by atoms with van der Waals surface area (Å²) in [4.78, 5) is 12.5. The van der Waals surface area contributed by atoms with Crippen molar-refractivity contribution in [2.24, 2.45) is 0 Å². The SMILES string of the molecule is CCCCCCCCCCCCCCCC/C=C/CC/C=C/C(O)C(CO)NC(=O)CCCCCCCCCCCCCCCCCCCCCCCCCCCCCCCCCCCCCCCCCC. The average Bonchev–Trinajstić information content (AvgIpc) is 3.39. The van der Waals surface area contributed by atoms with Crippen molar-refractivity contribution in [1.29, 1.82) is 0 Å². The number of hydrogen-bond acceptors (Lipinski definition) is 3. The summed E-state index contributed by atoms with van der Waals surface area (Å²) < 4.78 is 0. The van der Waals surface area contributed by atoms with Crippen LogP contribution in [0.25, 0.3) is 0 Å². The van der Waals surface area contributed by atoms with E-state index in [4.69, 9.17) is 0 Å². The van der Waals surface area contributed by atoms with Gasteiger partial charge in [0.05, 0.1) is 18.8 Å². The molecule has 0 bridgehead atoms. The second kappa shape index (κ2) is 64.2. The van der Waals surface area contributed by atoms with Gasteiger partial charge in [-0.2, -0.15) is 0 Å². The molecule has 72 heavy (non-hydrogen) atoms. The predicted molar refractivity (Wildman–Crippen MR) is 322 cm³/mol. The van der Waals surface area contributed by atoms with Crippen LogP contribution in [0.4, 0.5) is 0 Å². The molecule has 0 aliphatic rings. The first kappa shape index (κ1) is 70.9. The van der Waals surface area contributed by atoms with Gasteiger partial charge in [0.15, 0.2) is 0 Å². The molecule has 4 nitrogen and oxygen atoms in total. The second-order valence-electron chi connectivity index (χ2n) is 23.2. The van der Waals surface area contributed by atoms with Gasteiger partial charge in [-0.3, -0.25) is 4.79 Å². The Kier molecular flexibility index (Phi) is 63.2. The number of rotatable bonds is 63. The molecule has 0 aromatic carbocycles. The van der Waals surface area contributed by atoms with Crippen molar-refractivity contribution in [2.45, 2.75) is 398 Å². The van der Waals surface area contributed by atoms with Crippen LogP contribution >= 0.6 is 0 Å². The zero-order valence-corrected chi connectivity index (χ0v) is 49.5. The third-order valence-corrected chi connectivity index (χ3v) is 15.9. The number of unbranched alkanes of at least 4 members (excludes halogenated alkanes) is 54. The molecular formula is C68H133NO3. The maximum absolute atomic E-state index is 12.5. The van der Waals surface area contributed by atoms with E-state index in [9.17, 15) is 15.0 Å². The van der Waals surface area contributed by atoms with Crippen molar-refractivity contribution in [3.05, 3.63) is 24.3 Å². The molecule has 428 valence electrons. The number of nitrogens with one attached hydrogen (secondary N) is 1. The van der Waals surface area contributed by atoms with Crippen LogP contribution < -0.4 is 5.32 Å². The molecule has 2 unspecified atom stereocenters. The molecule has 0 rings (SSSR count). The summed E-state index contributed by atoms with van der Waals surface area (Å²) >= 11 is 0. The summed E-state index contributed by atoms with van der Waals surface area (Å²) in [5.41, 5.74) is 0. The van der Waals surface area contributed by atoms with E-state index in [1.54, 1.807) is 6.08 Å². The summed E-state index contributed by atoms with van der Waals surface area (Å²) in [6.45, 7) is 4.34. The number of aliphatic hydroxyl groups excluding tert-OH is 2. The lowest BCUT2D eigenvalue weighted by molar-refractivity contribution is -0.123. The van der Waals surface area contributed by atoms with E-state index in [1.807, 2.05) is 6.08 Å². The molecule has 0 aliphatic carbocycles. The highest BCUT2D eigenvalue weighted by molar-refractivity contribution is 5.76. The zero-order valence-electron chi connectivity index (χ0n) is 49.5. The molecule has 0 fully saturated rings. The van der Waals surface area contributed by atoms with E-state index in [1.165, 1.54) is 334 Å². The summed E-state index contributed by atoms with van der Waals surface area (Å²) in [5, 5.41) is 23.2. The fourth-order valence-electron chi connectivity index (χ4n) is 10.8. The highest BCUT2D eigenvalue weighted by Gasteiger charge is 2.18. The van der Waals surface area contributed by atoms with E-state index < -0.39 is 12.1 Å². The van der Waals surface area contributed by atoms with E-state index in [0.717, 1.165) is 32.1 Å². The van der Waals surface area contributed by atoms with E-state index in [-0.39, 0.29) is 12.5 Å². The van der Waals surface area contributed by atoms with Crippen LogP contribution in [0, 0.1) is 0 Å². The van der Waals surface area contributed by atoms with Gasteiger partial charge in [0.1, 0.15) is 0 Å². The van der Waals surface area contributed by atoms with Gasteiger partial charge in [0.25, 0.3) is 0 Å². The van der Waals surface area contributed by atoms with Gasteiger partial charge in [0.2, 0.25) is 5.91 Å². The van der Waals surface area contributed by atoms with Crippen LogP contribution in [0.15, 0.2) is 24.3 Å². The first-order valence-electron chi connectivity index (χ1n) is 33.6. The Labute approximate surface area is 453 Å². The topological polar surface area (TPSA) is 69.6 Å². The quantitative estimate of drug-likeness (QED) is 0.0420. The average molecular weight is 1010 g/mol. The smallest absolute Gasteiger partial charge is 0.220 e. The minimum Gasteiger partial charge on any atom is -0.394 e. The van der Waals surface area contributed by atoms with Gasteiger partial charge in [-0.1, -0.05) is 372 Å². The third-order valence-electron chi connectivity index (χ3n) is 15.9. The highest BCUT2D eigenvalue weighted by atomic mass is 16.3. The third kappa shape index (κ3) is 59.7. The summed E-state index contributed by atoms with van der Waals surface area (Å²) in [6, 6.07) is -0.637. The number of amides is 1. The maximum Gasteiger partial charge on any atom is 0.220 e. The lowest BCUT2D eigenvalue weighted by Gasteiger charge is -2.19. The Morgan fingerprint density at radius 1 is 0.319 bits per heavy atom. The molecule has 0 aliphatic heterocycles. The number of carbonyl (C=O) groups is 1. The molecule has 3 N–H and O–H groups in total. The first-order chi connectivity index (χ1) is 35.7. The molecule has 0 saturated heterocycles.